The molecule has 0 atom stereocenters. The monoisotopic (exact) mass is 202 g/mol. The molecule has 0 bridgehead atoms. The molecule has 0 aliphatic carbocycles. The third kappa shape index (κ3) is 5.07. The van der Waals surface area contributed by atoms with Crippen LogP contribution in [-0.4, -0.2) is 19.2 Å². The summed E-state index contributed by atoms with van der Waals surface area (Å²) in [5.41, 5.74) is 0.580. The molecule has 0 saturated carbocycles. The summed E-state index contributed by atoms with van der Waals surface area (Å²) in [6, 6.07) is 8.52. The molecular weight excluding hydrogens is 192 g/mol. The highest BCUT2D eigenvalue weighted by Crippen LogP contribution is 1.94. The van der Waals surface area contributed by atoms with Crippen molar-refractivity contribution >= 4 is 16.5 Å². The first-order valence-corrected chi connectivity index (χ1v) is 4.51. The molecule has 0 heterocycles. The van der Waals surface area contributed by atoms with Crippen LogP contribution in [0.1, 0.15) is 5.56 Å². The number of rotatable bonds is 2. The maximum Gasteiger partial charge on any atom is 0.202 e. The largest absolute Gasteiger partial charge is 0.730 e. The van der Waals surface area contributed by atoms with Crippen molar-refractivity contribution in [2.45, 2.75) is 0 Å². The van der Waals surface area contributed by atoms with Gasteiger partial charge in [0.15, 0.2) is 0 Å². The van der Waals surface area contributed by atoms with E-state index in [2.05, 4.69) is 4.40 Å². The Kier molecular flexibility index (Phi) is 4.26. The van der Waals surface area contributed by atoms with Crippen molar-refractivity contribution in [2.24, 2.45) is 4.40 Å². The second kappa shape index (κ2) is 4.70. The van der Waals surface area contributed by atoms with Crippen LogP contribution in [-0.2, 0) is 10.3 Å². The summed E-state index contributed by atoms with van der Waals surface area (Å²) in [5.74, 6) is 0. The molecule has 1 rings (SSSR count). The number of hydrogen-bond donors (Lipinski definition) is 1. The lowest BCUT2D eigenvalue weighted by Crippen LogP contribution is -1.92. The molecule has 0 saturated heterocycles. The van der Waals surface area contributed by atoms with E-state index in [4.69, 9.17) is 0 Å². The van der Waals surface area contributed by atoms with Crippen molar-refractivity contribution in [1.29, 1.82) is 0 Å². The average Bonchev–Trinajstić information content (AvgIpc) is 2.02. The lowest BCUT2D eigenvalue weighted by atomic mass is 10.2. The fraction of sp³-hybridized carbons (Fsp3) is 0. The van der Waals surface area contributed by atoms with E-state index in [9.17, 15) is 13.0 Å². The van der Waals surface area contributed by atoms with E-state index in [1.807, 2.05) is 0 Å². The highest BCUT2D eigenvalue weighted by molar-refractivity contribution is 7.84. The molecule has 5 nitrogen and oxygen atoms in total. The molecule has 0 aliphatic rings. The van der Waals surface area contributed by atoms with E-state index < -0.39 is 10.3 Å². The van der Waals surface area contributed by atoms with E-state index in [1.54, 1.807) is 30.3 Å². The average molecular weight is 202 g/mol. The number of nitrogens with zero attached hydrogens (tertiary/aromatic N) is 1. The van der Waals surface area contributed by atoms with Crippen LogP contribution in [0.25, 0.3) is 0 Å². The highest BCUT2D eigenvalue weighted by atomic mass is 32.2. The van der Waals surface area contributed by atoms with Crippen LogP contribution in [0, 0.1) is 0 Å². The van der Waals surface area contributed by atoms with Gasteiger partial charge in [-0.05, 0) is 5.56 Å². The van der Waals surface area contributed by atoms with Crippen LogP contribution >= 0.6 is 0 Å². The molecule has 0 amide bonds. The third-order valence-corrected chi connectivity index (χ3v) is 1.49. The zero-order chi connectivity index (χ0) is 9.03. The van der Waals surface area contributed by atoms with Gasteiger partial charge in [-0.15, -0.1) is 0 Å². The fourth-order valence-electron chi connectivity index (χ4n) is 0.665. The van der Waals surface area contributed by atoms with Gasteiger partial charge in [-0.25, -0.2) is 8.42 Å². The summed E-state index contributed by atoms with van der Waals surface area (Å²) in [6.07, 6.45) is 1.02. The predicted octanol–water partition coefficient (Wildman–Crippen LogP) is 0.942. The molecule has 6 heteroatoms. The maximum absolute atomic E-state index is 10.1. The van der Waals surface area contributed by atoms with E-state index >= 15 is 0 Å². The van der Waals surface area contributed by atoms with Crippen molar-refractivity contribution < 1.29 is 13.0 Å². The first-order chi connectivity index (χ1) is 5.58. The van der Waals surface area contributed by atoms with Crippen LogP contribution in [0.2, 0.25) is 0 Å². The molecule has 72 valence electrons. The van der Waals surface area contributed by atoms with Crippen LogP contribution in [0.15, 0.2) is 34.7 Å². The summed E-state index contributed by atoms with van der Waals surface area (Å²) in [7, 11) is -4.50. The van der Waals surface area contributed by atoms with Gasteiger partial charge in [0.2, 0.25) is 10.3 Å². The van der Waals surface area contributed by atoms with E-state index in [1.165, 1.54) is 0 Å². The number of hydrogen-bond acceptors (Lipinski definition) is 3. The minimum Gasteiger partial charge on any atom is -0.730 e. The Hall–Kier alpha value is -1.24. The lowest BCUT2D eigenvalue weighted by molar-refractivity contribution is 0.465. The Balaban J connectivity index is 0.00000144. The second-order valence-corrected chi connectivity index (χ2v) is 3.14. The summed E-state index contributed by atoms with van der Waals surface area (Å²) >= 11 is 0. The second-order valence-electron chi connectivity index (χ2n) is 2.07. The smallest absolute Gasteiger partial charge is 0.202 e. The molecule has 0 radical (unpaired) electrons. The molecule has 1 aromatic carbocycles. The molecule has 0 unspecified atom stereocenters. The number of quaternary nitrogens is 1. The lowest BCUT2D eigenvalue weighted by Gasteiger charge is -1.96. The van der Waals surface area contributed by atoms with Gasteiger partial charge in [-0.2, -0.15) is 4.40 Å². The van der Waals surface area contributed by atoms with Crippen molar-refractivity contribution in [1.82, 2.24) is 6.15 Å². The van der Waals surface area contributed by atoms with Gasteiger partial charge in [0.1, 0.15) is 0 Å². The first kappa shape index (κ1) is 11.8. The summed E-state index contributed by atoms with van der Waals surface area (Å²) in [5, 5.41) is 0. The Morgan fingerprint density at radius 2 is 1.77 bits per heavy atom. The van der Waals surface area contributed by atoms with Crippen molar-refractivity contribution in [3.05, 3.63) is 35.9 Å². The Morgan fingerprint density at radius 3 is 2.23 bits per heavy atom. The predicted molar refractivity (Wildman–Crippen MR) is 49.7 cm³/mol. The zero-order valence-electron chi connectivity index (χ0n) is 7.04. The van der Waals surface area contributed by atoms with Gasteiger partial charge in [-0.3, -0.25) is 0 Å². The third-order valence-electron chi connectivity index (χ3n) is 1.13. The molecular formula is C7H10N2O3S. The fourth-order valence-corrected chi connectivity index (χ4v) is 0.915. The summed E-state index contributed by atoms with van der Waals surface area (Å²) in [4.78, 5) is 0. The first-order valence-electron chi connectivity index (χ1n) is 3.14. The minimum atomic E-state index is -4.50. The quantitative estimate of drug-likeness (QED) is 0.569. The summed E-state index contributed by atoms with van der Waals surface area (Å²) in [6.45, 7) is 0. The highest BCUT2D eigenvalue weighted by Gasteiger charge is 1.86. The molecule has 1 aromatic rings. The molecule has 0 aromatic heterocycles. The van der Waals surface area contributed by atoms with Gasteiger partial charge in [0.05, 0.1) is 0 Å². The zero-order valence-corrected chi connectivity index (χ0v) is 7.86. The Morgan fingerprint density at radius 1 is 1.23 bits per heavy atom. The normalized spacial score (nSPS) is 11.2. The van der Waals surface area contributed by atoms with Gasteiger partial charge in [0.25, 0.3) is 0 Å². The van der Waals surface area contributed by atoms with E-state index in [0.717, 1.165) is 6.21 Å². The molecule has 0 fully saturated rings. The van der Waals surface area contributed by atoms with E-state index in [-0.39, 0.29) is 6.15 Å². The van der Waals surface area contributed by atoms with Gasteiger partial charge >= 0.3 is 0 Å². The maximum atomic E-state index is 10.1. The van der Waals surface area contributed by atoms with Crippen molar-refractivity contribution in [3.8, 4) is 0 Å². The van der Waals surface area contributed by atoms with Crippen LogP contribution in [0.4, 0.5) is 0 Å². The molecule has 0 aliphatic heterocycles. The molecule has 0 spiro atoms. The van der Waals surface area contributed by atoms with Gasteiger partial charge < -0.3 is 10.7 Å². The van der Waals surface area contributed by atoms with Gasteiger partial charge in [0, 0.05) is 6.21 Å². The SMILES string of the molecule is O=S(=O)([O-])N=Cc1ccccc1.[NH4+]. The minimum absolute atomic E-state index is 0. The molecule has 4 N–H and O–H groups in total. The summed E-state index contributed by atoms with van der Waals surface area (Å²) < 4.78 is 33.0. The Bertz CT molecular complexity index is 372. The van der Waals surface area contributed by atoms with Crippen LogP contribution in [0.3, 0.4) is 0 Å². The Labute approximate surface area is 76.6 Å². The van der Waals surface area contributed by atoms with Crippen LogP contribution in [0.5, 0.6) is 0 Å². The van der Waals surface area contributed by atoms with Gasteiger partial charge in [-0.1, -0.05) is 30.3 Å². The van der Waals surface area contributed by atoms with Crippen LogP contribution < -0.4 is 6.15 Å². The molecule has 13 heavy (non-hydrogen) atoms. The van der Waals surface area contributed by atoms with E-state index in [0.29, 0.717) is 5.56 Å². The topological polar surface area (TPSA) is 106 Å². The van der Waals surface area contributed by atoms with Crippen molar-refractivity contribution in [2.75, 3.05) is 0 Å². The number of benzene rings is 1. The van der Waals surface area contributed by atoms with Crippen molar-refractivity contribution in [3.63, 3.8) is 0 Å². The standard InChI is InChI=1S/C7H7NO3S.H3N/c9-12(10,11)8-6-7-4-2-1-3-5-7;/h1-6H,(H,9,10,11);1H3.